The van der Waals surface area contributed by atoms with Gasteiger partial charge in [-0.1, -0.05) is 43.2 Å². The van der Waals surface area contributed by atoms with Gasteiger partial charge in [0.2, 0.25) is 0 Å². The number of carbonyl (C=O) groups excluding carboxylic acids is 1. The fraction of sp³-hybridized carbons (Fsp3) is 0.375. The molecule has 20 heavy (non-hydrogen) atoms. The molecule has 4 nitrogen and oxygen atoms in total. The number of urea groups is 1. The second-order valence-electron chi connectivity index (χ2n) is 5.03. The van der Waals surface area contributed by atoms with E-state index in [4.69, 9.17) is 5.73 Å². The highest BCUT2D eigenvalue weighted by Gasteiger charge is 2.11. The minimum atomic E-state index is -0.612. The van der Waals surface area contributed by atoms with Gasteiger partial charge < -0.3 is 5.73 Å². The first-order chi connectivity index (χ1) is 9.75. The molecule has 1 saturated carbocycles. The Kier molecular flexibility index (Phi) is 5.35. The Morgan fingerprint density at radius 1 is 1.10 bits per heavy atom. The van der Waals surface area contributed by atoms with Crippen LogP contribution in [0.1, 0.15) is 44.1 Å². The number of hydrazone groups is 1. The van der Waals surface area contributed by atoms with Gasteiger partial charge in [-0.25, -0.2) is 10.2 Å². The third-order valence-corrected chi connectivity index (χ3v) is 3.42. The van der Waals surface area contributed by atoms with E-state index in [1.807, 2.05) is 18.2 Å². The summed E-state index contributed by atoms with van der Waals surface area (Å²) in [4.78, 5) is 10.8. The minimum Gasteiger partial charge on any atom is -0.350 e. The van der Waals surface area contributed by atoms with Crippen LogP contribution in [-0.4, -0.2) is 11.7 Å². The van der Waals surface area contributed by atoms with E-state index in [0.29, 0.717) is 0 Å². The molecule has 0 aliphatic heterocycles. The van der Waals surface area contributed by atoms with E-state index in [0.717, 1.165) is 37.0 Å². The van der Waals surface area contributed by atoms with Gasteiger partial charge in [0.05, 0.1) is 5.71 Å². The number of primary amides is 1. The number of allylic oxidation sites excluding steroid dienone is 1. The molecule has 0 bridgehead atoms. The van der Waals surface area contributed by atoms with Crippen molar-refractivity contribution in [3.63, 3.8) is 0 Å². The molecule has 0 radical (unpaired) electrons. The highest BCUT2D eigenvalue weighted by atomic mass is 16.2. The third kappa shape index (κ3) is 4.53. The average Bonchev–Trinajstić information content (AvgIpc) is 2.42. The second-order valence-corrected chi connectivity index (χ2v) is 5.03. The molecule has 0 saturated heterocycles. The van der Waals surface area contributed by atoms with Gasteiger partial charge in [-0.15, -0.1) is 0 Å². The molecule has 0 aromatic heterocycles. The molecule has 2 rings (SSSR count). The lowest BCUT2D eigenvalue weighted by molar-refractivity contribution is 0.249. The number of hydrogen-bond donors (Lipinski definition) is 2. The molecule has 106 valence electrons. The van der Waals surface area contributed by atoms with E-state index < -0.39 is 6.03 Å². The molecule has 0 unspecified atom stereocenters. The first-order valence-electron chi connectivity index (χ1n) is 7.14. The lowest BCUT2D eigenvalue weighted by Gasteiger charge is -2.15. The summed E-state index contributed by atoms with van der Waals surface area (Å²) in [6, 6.07) is 9.58. The van der Waals surface area contributed by atoms with Gasteiger partial charge in [-0.05, 0) is 42.9 Å². The van der Waals surface area contributed by atoms with Gasteiger partial charge in [-0.2, -0.15) is 5.10 Å². The van der Waals surface area contributed by atoms with E-state index in [-0.39, 0.29) is 0 Å². The van der Waals surface area contributed by atoms with Crippen molar-refractivity contribution in [3.8, 4) is 0 Å². The van der Waals surface area contributed by atoms with Crippen LogP contribution in [0.2, 0.25) is 0 Å². The van der Waals surface area contributed by atoms with Crippen molar-refractivity contribution >= 4 is 17.8 Å². The number of nitrogens with zero attached hydrogens (tertiary/aromatic N) is 1. The van der Waals surface area contributed by atoms with Crippen LogP contribution in [-0.2, 0) is 0 Å². The van der Waals surface area contributed by atoms with Crippen molar-refractivity contribution in [2.75, 3.05) is 0 Å². The largest absolute Gasteiger partial charge is 0.350 e. The normalized spacial score (nSPS) is 20.4. The molecule has 2 amide bonds. The maximum absolute atomic E-state index is 10.8. The lowest BCUT2D eigenvalue weighted by Crippen LogP contribution is -2.26. The molecule has 4 heteroatoms. The molecule has 3 N–H and O–H groups in total. The van der Waals surface area contributed by atoms with Gasteiger partial charge in [0.25, 0.3) is 0 Å². The van der Waals surface area contributed by atoms with Gasteiger partial charge in [0, 0.05) is 0 Å². The zero-order valence-corrected chi connectivity index (χ0v) is 11.6. The number of benzene rings is 1. The summed E-state index contributed by atoms with van der Waals surface area (Å²) in [5.74, 6) is 0. The van der Waals surface area contributed by atoms with Crippen LogP contribution in [0.25, 0.3) is 6.08 Å². The van der Waals surface area contributed by atoms with Crippen LogP contribution in [0.4, 0.5) is 4.79 Å². The van der Waals surface area contributed by atoms with E-state index in [2.05, 4.69) is 28.7 Å². The van der Waals surface area contributed by atoms with Gasteiger partial charge in [0.15, 0.2) is 0 Å². The third-order valence-electron chi connectivity index (χ3n) is 3.42. The highest BCUT2D eigenvalue weighted by Crippen LogP contribution is 2.22. The Labute approximate surface area is 119 Å². The first kappa shape index (κ1) is 14.3. The smallest absolute Gasteiger partial charge is 0.332 e. The zero-order chi connectivity index (χ0) is 14.2. The van der Waals surface area contributed by atoms with E-state index in [1.165, 1.54) is 18.4 Å². The maximum Gasteiger partial charge on any atom is 0.332 e. The fourth-order valence-electron chi connectivity index (χ4n) is 2.42. The highest BCUT2D eigenvalue weighted by molar-refractivity contribution is 6.04. The van der Waals surface area contributed by atoms with Crippen LogP contribution in [0.3, 0.4) is 0 Å². The van der Waals surface area contributed by atoms with E-state index in [9.17, 15) is 4.79 Å². The molecule has 1 fully saturated rings. The van der Waals surface area contributed by atoms with Crippen LogP contribution in [0.15, 0.2) is 41.0 Å². The Morgan fingerprint density at radius 3 is 2.50 bits per heavy atom. The Hall–Kier alpha value is -2.10. The molecular weight excluding hydrogens is 250 g/mol. The van der Waals surface area contributed by atoms with Crippen molar-refractivity contribution < 1.29 is 4.79 Å². The van der Waals surface area contributed by atoms with Gasteiger partial charge >= 0.3 is 6.03 Å². The quantitative estimate of drug-likeness (QED) is 0.795. The predicted octanol–water partition coefficient (Wildman–Crippen LogP) is 3.45. The summed E-state index contributed by atoms with van der Waals surface area (Å²) < 4.78 is 0. The SMILES string of the molecule is NC(=O)N/N=C1/CCCCCC/C1=C\c1ccccc1. The fourth-order valence-corrected chi connectivity index (χ4v) is 2.42. The number of nitrogens with one attached hydrogen (secondary N) is 1. The van der Waals surface area contributed by atoms with Crippen molar-refractivity contribution in [2.45, 2.75) is 38.5 Å². The number of hydrogen-bond acceptors (Lipinski definition) is 2. The van der Waals surface area contributed by atoms with E-state index >= 15 is 0 Å². The molecule has 1 aromatic rings. The number of carbonyl (C=O) groups is 1. The van der Waals surface area contributed by atoms with Crippen LogP contribution in [0, 0.1) is 0 Å². The van der Waals surface area contributed by atoms with Crippen molar-refractivity contribution in [2.24, 2.45) is 10.8 Å². The molecule has 1 aliphatic carbocycles. The summed E-state index contributed by atoms with van der Waals surface area (Å²) in [5.41, 5.74) is 10.8. The standard InChI is InChI=1S/C16H21N3O/c17-16(20)19-18-15-11-7-2-1-6-10-14(15)12-13-8-4-3-5-9-13/h3-5,8-9,12H,1-2,6-7,10-11H2,(H3,17,19,20)/b14-12+,18-15-. The average molecular weight is 271 g/mol. The monoisotopic (exact) mass is 271 g/mol. The topological polar surface area (TPSA) is 67.5 Å². The minimum absolute atomic E-state index is 0.612. The lowest BCUT2D eigenvalue weighted by atomic mass is 9.93. The van der Waals surface area contributed by atoms with Crippen LogP contribution >= 0.6 is 0 Å². The summed E-state index contributed by atoms with van der Waals surface area (Å²) >= 11 is 0. The Morgan fingerprint density at radius 2 is 1.80 bits per heavy atom. The zero-order valence-electron chi connectivity index (χ0n) is 11.6. The van der Waals surface area contributed by atoms with Crippen molar-refractivity contribution in [3.05, 3.63) is 41.5 Å². The molecule has 1 aliphatic rings. The maximum atomic E-state index is 10.8. The predicted molar refractivity (Wildman–Crippen MR) is 82.3 cm³/mol. The van der Waals surface area contributed by atoms with Crippen LogP contribution < -0.4 is 11.2 Å². The second kappa shape index (κ2) is 7.48. The summed E-state index contributed by atoms with van der Waals surface area (Å²) in [5, 5.41) is 4.19. The molecule has 0 atom stereocenters. The van der Waals surface area contributed by atoms with Crippen molar-refractivity contribution in [1.82, 2.24) is 5.43 Å². The van der Waals surface area contributed by atoms with Gasteiger partial charge in [-0.3, -0.25) is 0 Å². The number of amides is 2. The number of rotatable bonds is 2. The summed E-state index contributed by atoms with van der Waals surface area (Å²) in [6.45, 7) is 0. The molecular formula is C16H21N3O. The summed E-state index contributed by atoms with van der Waals surface area (Å²) in [6.07, 6.45) is 8.77. The Bertz CT molecular complexity index is 506. The molecule has 0 heterocycles. The van der Waals surface area contributed by atoms with Crippen molar-refractivity contribution in [1.29, 1.82) is 0 Å². The van der Waals surface area contributed by atoms with E-state index in [1.54, 1.807) is 0 Å². The van der Waals surface area contributed by atoms with Gasteiger partial charge in [0.1, 0.15) is 0 Å². The number of nitrogens with two attached hydrogens (primary N) is 1. The van der Waals surface area contributed by atoms with Crippen LogP contribution in [0.5, 0.6) is 0 Å². The summed E-state index contributed by atoms with van der Waals surface area (Å²) in [7, 11) is 0. The Balaban J connectivity index is 2.24. The molecule has 1 aromatic carbocycles. The first-order valence-corrected chi connectivity index (χ1v) is 7.14. The molecule has 0 spiro atoms.